The number of nitrogens with one attached hydrogen (secondary N) is 1. The van der Waals surface area contributed by atoms with E-state index in [1.165, 1.54) is 20.1 Å². The Balaban J connectivity index is 1.84. The zero-order chi connectivity index (χ0) is 19.6. The van der Waals surface area contributed by atoms with Gasteiger partial charge in [0.15, 0.2) is 0 Å². The predicted molar refractivity (Wildman–Crippen MR) is 97.8 cm³/mol. The Kier molecular flexibility index (Phi) is 5.69. The molecule has 0 bridgehead atoms. The average Bonchev–Trinajstić information content (AvgIpc) is 2.61. The standard InChI is InChI=1S/C20H27FN2O4/c1-13(24)22-15-10-19(17-5-4-16(26-3)11-18(17)21)27-20(12-15)6-8-23(9-7-20)14(2)25/h4-5,11,15,19H,6-10,12H2,1-3H3,(H,22,24)/t15-,19-/m1/s1. The number of amides is 2. The summed E-state index contributed by atoms with van der Waals surface area (Å²) in [4.78, 5) is 25.1. The van der Waals surface area contributed by atoms with Crippen molar-refractivity contribution >= 4 is 11.8 Å². The fourth-order valence-electron chi connectivity index (χ4n) is 4.22. The first-order valence-electron chi connectivity index (χ1n) is 9.36. The van der Waals surface area contributed by atoms with E-state index in [4.69, 9.17) is 9.47 Å². The molecule has 7 heteroatoms. The Labute approximate surface area is 159 Å². The first-order valence-corrected chi connectivity index (χ1v) is 9.36. The number of likely N-dealkylation sites (tertiary alicyclic amines) is 1. The molecule has 2 saturated heterocycles. The molecule has 2 heterocycles. The number of rotatable bonds is 3. The van der Waals surface area contributed by atoms with Gasteiger partial charge in [0.25, 0.3) is 0 Å². The molecule has 148 valence electrons. The fraction of sp³-hybridized carbons (Fsp3) is 0.600. The molecule has 0 saturated carbocycles. The summed E-state index contributed by atoms with van der Waals surface area (Å²) >= 11 is 0. The number of nitrogens with zero attached hydrogens (tertiary/aromatic N) is 1. The molecule has 0 aromatic heterocycles. The van der Waals surface area contributed by atoms with Gasteiger partial charge < -0.3 is 19.7 Å². The molecule has 27 heavy (non-hydrogen) atoms. The maximum Gasteiger partial charge on any atom is 0.219 e. The van der Waals surface area contributed by atoms with Gasteiger partial charge in [0.1, 0.15) is 11.6 Å². The van der Waals surface area contributed by atoms with Gasteiger partial charge in [-0.3, -0.25) is 9.59 Å². The maximum absolute atomic E-state index is 14.6. The van der Waals surface area contributed by atoms with E-state index in [-0.39, 0.29) is 23.7 Å². The second kappa shape index (κ2) is 7.84. The van der Waals surface area contributed by atoms with Gasteiger partial charge in [0.2, 0.25) is 11.8 Å². The minimum Gasteiger partial charge on any atom is -0.497 e. The summed E-state index contributed by atoms with van der Waals surface area (Å²) in [5.74, 6) is 0.0260. The summed E-state index contributed by atoms with van der Waals surface area (Å²) in [7, 11) is 1.50. The highest BCUT2D eigenvalue weighted by Crippen LogP contribution is 2.43. The summed E-state index contributed by atoms with van der Waals surface area (Å²) in [5.41, 5.74) is 0.00757. The normalized spacial score (nSPS) is 24.5. The molecule has 2 fully saturated rings. The lowest BCUT2D eigenvalue weighted by atomic mass is 9.79. The first-order chi connectivity index (χ1) is 12.8. The van der Waals surface area contributed by atoms with Crippen molar-refractivity contribution < 1.29 is 23.5 Å². The van der Waals surface area contributed by atoms with Crippen LogP contribution in [0, 0.1) is 5.82 Å². The molecule has 1 spiro atoms. The molecule has 0 unspecified atom stereocenters. The SMILES string of the molecule is COc1ccc([C@H]2C[C@@H](NC(C)=O)CC3(CCN(C(C)=O)CC3)O2)c(F)c1. The molecule has 2 atom stereocenters. The molecule has 6 nitrogen and oxygen atoms in total. The van der Waals surface area contributed by atoms with E-state index in [1.807, 2.05) is 0 Å². The van der Waals surface area contributed by atoms with Crippen molar-refractivity contribution in [1.29, 1.82) is 0 Å². The third kappa shape index (κ3) is 4.40. The number of hydrogen-bond donors (Lipinski definition) is 1. The Morgan fingerprint density at radius 2 is 2.00 bits per heavy atom. The highest BCUT2D eigenvalue weighted by Gasteiger charge is 2.45. The minimum absolute atomic E-state index is 0.0526. The minimum atomic E-state index is -0.464. The Bertz CT molecular complexity index is 716. The van der Waals surface area contributed by atoms with Crippen LogP contribution in [-0.4, -0.2) is 48.6 Å². The predicted octanol–water partition coefficient (Wildman–Crippen LogP) is 2.57. The molecule has 1 N–H and O–H groups in total. The van der Waals surface area contributed by atoms with Crippen LogP contribution in [0.25, 0.3) is 0 Å². The second-order valence-electron chi connectivity index (χ2n) is 7.52. The lowest BCUT2D eigenvalue weighted by molar-refractivity contribution is -0.168. The quantitative estimate of drug-likeness (QED) is 0.878. The number of carbonyl (C=O) groups excluding carboxylic acids is 2. The van der Waals surface area contributed by atoms with E-state index in [0.717, 1.165) is 0 Å². The summed E-state index contributed by atoms with van der Waals surface area (Å²) < 4.78 is 26.1. The molecule has 0 radical (unpaired) electrons. The molecule has 1 aromatic rings. The highest BCUT2D eigenvalue weighted by atomic mass is 19.1. The van der Waals surface area contributed by atoms with E-state index >= 15 is 0 Å². The summed E-state index contributed by atoms with van der Waals surface area (Å²) in [5, 5.41) is 2.98. The largest absolute Gasteiger partial charge is 0.497 e. The molecule has 2 amide bonds. The van der Waals surface area contributed by atoms with Crippen molar-refractivity contribution in [3.8, 4) is 5.75 Å². The second-order valence-corrected chi connectivity index (χ2v) is 7.52. The molecule has 2 aliphatic heterocycles. The van der Waals surface area contributed by atoms with E-state index < -0.39 is 11.7 Å². The van der Waals surface area contributed by atoms with Crippen molar-refractivity contribution in [3.05, 3.63) is 29.6 Å². The molecular weight excluding hydrogens is 351 g/mol. The van der Waals surface area contributed by atoms with Crippen molar-refractivity contribution in [3.63, 3.8) is 0 Å². The van der Waals surface area contributed by atoms with Gasteiger partial charge in [-0.25, -0.2) is 4.39 Å². The third-order valence-electron chi connectivity index (χ3n) is 5.59. The monoisotopic (exact) mass is 378 g/mol. The van der Waals surface area contributed by atoms with E-state index in [1.54, 1.807) is 24.0 Å². The van der Waals surface area contributed by atoms with E-state index in [9.17, 15) is 14.0 Å². The highest BCUT2D eigenvalue weighted by molar-refractivity contribution is 5.73. The van der Waals surface area contributed by atoms with Gasteiger partial charge >= 0.3 is 0 Å². The molecule has 1 aromatic carbocycles. The number of hydrogen-bond acceptors (Lipinski definition) is 4. The smallest absolute Gasteiger partial charge is 0.219 e. The maximum atomic E-state index is 14.6. The van der Waals surface area contributed by atoms with Crippen molar-refractivity contribution in [2.24, 2.45) is 0 Å². The topological polar surface area (TPSA) is 67.9 Å². The fourth-order valence-corrected chi connectivity index (χ4v) is 4.22. The van der Waals surface area contributed by atoms with Crippen LogP contribution >= 0.6 is 0 Å². The van der Waals surface area contributed by atoms with Crippen molar-refractivity contribution in [1.82, 2.24) is 10.2 Å². The number of carbonyl (C=O) groups is 2. The summed E-state index contributed by atoms with van der Waals surface area (Å²) in [6, 6.07) is 4.67. The van der Waals surface area contributed by atoms with Crippen LogP contribution in [0.2, 0.25) is 0 Å². The van der Waals surface area contributed by atoms with Crippen LogP contribution in [0.15, 0.2) is 18.2 Å². The van der Waals surface area contributed by atoms with E-state index in [0.29, 0.717) is 50.1 Å². The summed E-state index contributed by atoms with van der Waals surface area (Å²) in [6.07, 6.45) is 2.09. The lowest BCUT2D eigenvalue weighted by Crippen LogP contribution is -2.54. The van der Waals surface area contributed by atoms with Gasteiger partial charge in [-0.1, -0.05) is 0 Å². The van der Waals surface area contributed by atoms with Gasteiger partial charge in [-0.15, -0.1) is 0 Å². The summed E-state index contributed by atoms with van der Waals surface area (Å²) in [6.45, 7) is 4.28. The molecule has 0 aliphatic carbocycles. The zero-order valence-corrected chi connectivity index (χ0v) is 16.1. The molecular formula is C20H27FN2O4. The van der Waals surface area contributed by atoms with Crippen molar-refractivity contribution in [2.45, 2.75) is 57.3 Å². The number of benzene rings is 1. The molecule has 3 rings (SSSR count). The average molecular weight is 378 g/mol. The Morgan fingerprint density at radius 3 is 2.56 bits per heavy atom. The van der Waals surface area contributed by atoms with Crippen LogP contribution in [0.5, 0.6) is 5.75 Å². The third-order valence-corrected chi connectivity index (χ3v) is 5.59. The zero-order valence-electron chi connectivity index (χ0n) is 16.1. The Morgan fingerprint density at radius 1 is 1.30 bits per heavy atom. The van der Waals surface area contributed by atoms with Crippen LogP contribution in [-0.2, 0) is 14.3 Å². The van der Waals surface area contributed by atoms with Crippen LogP contribution in [0.1, 0.15) is 51.2 Å². The van der Waals surface area contributed by atoms with Crippen molar-refractivity contribution in [2.75, 3.05) is 20.2 Å². The van der Waals surface area contributed by atoms with Gasteiger partial charge in [0.05, 0.1) is 18.8 Å². The van der Waals surface area contributed by atoms with Crippen LogP contribution in [0.3, 0.4) is 0 Å². The Hall–Kier alpha value is -2.15. The van der Waals surface area contributed by atoms with E-state index in [2.05, 4.69) is 5.32 Å². The number of ether oxygens (including phenoxy) is 2. The number of halogens is 1. The van der Waals surface area contributed by atoms with Crippen LogP contribution in [0.4, 0.5) is 4.39 Å². The number of piperidine rings is 1. The number of methoxy groups -OCH3 is 1. The first kappa shape index (κ1) is 19.6. The van der Waals surface area contributed by atoms with Gasteiger partial charge in [-0.05, 0) is 37.8 Å². The van der Waals surface area contributed by atoms with Gasteiger partial charge in [0, 0.05) is 44.6 Å². The van der Waals surface area contributed by atoms with Crippen LogP contribution < -0.4 is 10.1 Å². The molecule has 2 aliphatic rings. The van der Waals surface area contributed by atoms with Gasteiger partial charge in [-0.2, -0.15) is 0 Å². The lowest BCUT2D eigenvalue weighted by Gasteiger charge is -2.49.